The van der Waals surface area contributed by atoms with E-state index in [9.17, 15) is 31.9 Å². The molecule has 1 fully saturated rings. The van der Waals surface area contributed by atoms with E-state index in [1.807, 2.05) is 19.1 Å². The van der Waals surface area contributed by atoms with E-state index >= 15 is 0 Å². The number of fused-ring (bicyclic) bond motifs is 4. The number of benzene rings is 2. The fourth-order valence-electron chi connectivity index (χ4n) is 6.45. The van der Waals surface area contributed by atoms with Crippen molar-refractivity contribution >= 4 is 18.7 Å². The fraction of sp³-hybridized carbons (Fsp3) is 0.480. The van der Waals surface area contributed by atoms with E-state index in [2.05, 4.69) is 9.62 Å². The van der Waals surface area contributed by atoms with E-state index in [0.717, 1.165) is 22.0 Å². The summed E-state index contributed by atoms with van der Waals surface area (Å²) in [6.45, 7) is 1.96. The van der Waals surface area contributed by atoms with Crippen molar-refractivity contribution in [3.8, 4) is 5.69 Å². The summed E-state index contributed by atoms with van der Waals surface area (Å²) in [4.78, 5) is 18.6. The Balaban J connectivity index is 1.60. The molecule has 5 rings (SSSR count). The Kier molecular flexibility index (Phi) is 6.10. The van der Waals surface area contributed by atoms with Crippen LogP contribution in [-0.4, -0.2) is 31.3 Å². The molecule has 1 heterocycles. The van der Waals surface area contributed by atoms with E-state index in [0.29, 0.717) is 31.4 Å². The lowest BCUT2D eigenvalue weighted by atomic mass is 9.56. The molecule has 36 heavy (non-hydrogen) atoms. The van der Waals surface area contributed by atoms with Gasteiger partial charge < -0.3 is 9.79 Å². The van der Waals surface area contributed by atoms with Gasteiger partial charge in [-0.15, -0.1) is 0 Å². The van der Waals surface area contributed by atoms with Gasteiger partial charge in [0.2, 0.25) is 0 Å². The molecule has 2 aliphatic carbocycles. The van der Waals surface area contributed by atoms with Crippen molar-refractivity contribution in [2.75, 3.05) is 0 Å². The maximum absolute atomic E-state index is 14.2. The molecule has 11 heteroatoms. The largest absolute Gasteiger partial charge is 0.470 e. The minimum atomic E-state index is -5.37. The average Bonchev–Trinajstić information content (AvgIpc) is 3.13. The van der Waals surface area contributed by atoms with E-state index in [-0.39, 0.29) is 12.2 Å². The molecule has 2 aromatic carbocycles. The van der Waals surface area contributed by atoms with Crippen LogP contribution in [0.5, 0.6) is 0 Å². The van der Waals surface area contributed by atoms with Crippen LogP contribution in [0.15, 0.2) is 42.6 Å². The molecule has 0 spiro atoms. The van der Waals surface area contributed by atoms with Crippen LogP contribution in [0.25, 0.3) is 16.6 Å². The van der Waals surface area contributed by atoms with Gasteiger partial charge in [-0.25, -0.2) is 13.6 Å². The second kappa shape index (κ2) is 8.65. The smallest absolute Gasteiger partial charge is 0.303 e. The summed E-state index contributed by atoms with van der Waals surface area (Å²) in [7, 11) is -5.37. The summed E-state index contributed by atoms with van der Waals surface area (Å²) in [6, 6.07) is 10.0. The normalized spacial score (nSPS) is 26.9. The predicted octanol–water partition coefficient (Wildman–Crippen LogP) is 6.36. The van der Waals surface area contributed by atoms with Gasteiger partial charge in [0, 0.05) is 5.39 Å². The molecule has 2 N–H and O–H groups in total. The van der Waals surface area contributed by atoms with Crippen LogP contribution < -0.4 is 0 Å². The van der Waals surface area contributed by atoms with Crippen molar-refractivity contribution in [2.45, 2.75) is 69.1 Å². The first-order chi connectivity index (χ1) is 16.9. The standard InChI is InChI=1S/C25H27F4N2O4P/c1-2-23-10-11-24(25(27,28)29,35-36(32,33)34)14-18(23)5-3-4-16-13-22-17(12-21(16)23)15-30-31(22)20-8-6-19(26)7-9-20/h6-9,12-13,15,18H,2-5,10-11,14H2,1H3,(H2,32,33,34)/t18-,23-,24-/m0/s1. The first kappa shape index (κ1) is 25.4. The fourth-order valence-corrected chi connectivity index (χ4v) is 7.17. The highest BCUT2D eigenvalue weighted by Crippen LogP contribution is 2.61. The van der Waals surface area contributed by atoms with E-state index in [1.165, 1.54) is 12.1 Å². The van der Waals surface area contributed by atoms with Crippen molar-refractivity contribution in [1.82, 2.24) is 9.78 Å². The summed E-state index contributed by atoms with van der Waals surface area (Å²) in [5, 5.41) is 5.30. The van der Waals surface area contributed by atoms with Crippen LogP contribution >= 0.6 is 7.82 Å². The third kappa shape index (κ3) is 4.18. The van der Waals surface area contributed by atoms with Gasteiger partial charge in [-0.1, -0.05) is 6.92 Å². The molecule has 0 bridgehead atoms. The number of phosphoric acid groups is 1. The highest BCUT2D eigenvalue weighted by molar-refractivity contribution is 7.46. The summed E-state index contributed by atoms with van der Waals surface area (Å²) < 4.78 is 73.8. The molecule has 0 saturated heterocycles. The van der Waals surface area contributed by atoms with Gasteiger partial charge in [0.05, 0.1) is 17.4 Å². The zero-order valence-electron chi connectivity index (χ0n) is 19.6. The molecule has 0 radical (unpaired) electrons. The molecular weight excluding hydrogens is 499 g/mol. The van der Waals surface area contributed by atoms with Crippen LogP contribution in [0.1, 0.15) is 56.6 Å². The molecule has 1 saturated carbocycles. The maximum Gasteiger partial charge on any atom is 0.470 e. The second-order valence-corrected chi connectivity index (χ2v) is 11.1. The SMILES string of the molecule is CC[C@]12CC[C@@](OP(=O)(O)O)(C(F)(F)F)C[C@@H]1CCCc1cc3c(cnn3-c3ccc(F)cc3)cc12. The van der Waals surface area contributed by atoms with Crippen molar-refractivity contribution in [3.05, 3.63) is 59.5 Å². The molecule has 0 amide bonds. The van der Waals surface area contributed by atoms with Crippen LogP contribution in [0.3, 0.4) is 0 Å². The van der Waals surface area contributed by atoms with Crippen LogP contribution in [-0.2, 0) is 20.9 Å². The number of alkyl halides is 3. The minimum Gasteiger partial charge on any atom is -0.303 e. The summed E-state index contributed by atoms with van der Waals surface area (Å²) in [5.74, 6) is -0.815. The van der Waals surface area contributed by atoms with Crippen molar-refractivity contribution in [1.29, 1.82) is 0 Å². The van der Waals surface area contributed by atoms with Gasteiger partial charge in [0.1, 0.15) is 5.82 Å². The molecule has 0 unspecified atom stereocenters. The molecular formula is C25H27F4N2O4P. The topological polar surface area (TPSA) is 84.6 Å². The Morgan fingerprint density at radius 2 is 1.92 bits per heavy atom. The third-order valence-corrected chi connectivity index (χ3v) is 8.76. The lowest BCUT2D eigenvalue weighted by Gasteiger charge is -2.51. The van der Waals surface area contributed by atoms with Crippen LogP contribution in [0.4, 0.5) is 17.6 Å². The van der Waals surface area contributed by atoms with Crippen molar-refractivity contribution < 1.29 is 36.4 Å². The second-order valence-electron chi connectivity index (χ2n) is 9.98. The van der Waals surface area contributed by atoms with Gasteiger partial charge in [-0.3, -0.25) is 4.52 Å². The van der Waals surface area contributed by atoms with Gasteiger partial charge in [0.25, 0.3) is 0 Å². The minimum absolute atomic E-state index is 0.0955. The van der Waals surface area contributed by atoms with Crippen LogP contribution in [0.2, 0.25) is 0 Å². The zero-order valence-corrected chi connectivity index (χ0v) is 20.5. The highest BCUT2D eigenvalue weighted by Gasteiger charge is 2.64. The van der Waals surface area contributed by atoms with Gasteiger partial charge in [0.15, 0.2) is 5.60 Å². The molecule has 1 aromatic heterocycles. The van der Waals surface area contributed by atoms with Gasteiger partial charge in [-0.2, -0.15) is 18.3 Å². The van der Waals surface area contributed by atoms with Crippen LogP contribution in [0, 0.1) is 11.7 Å². The Labute approximate surface area is 205 Å². The molecule has 3 aromatic rings. The van der Waals surface area contributed by atoms with E-state index in [4.69, 9.17) is 0 Å². The number of halogens is 4. The number of aryl methyl sites for hydroxylation is 1. The van der Waals surface area contributed by atoms with Crippen molar-refractivity contribution in [2.24, 2.45) is 5.92 Å². The predicted molar refractivity (Wildman–Crippen MR) is 125 cm³/mol. The Hall–Kier alpha value is -2.26. The number of phosphoric ester groups is 1. The molecule has 2 aliphatic rings. The highest BCUT2D eigenvalue weighted by atomic mass is 31.2. The number of aromatic nitrogens is 2. The molecule has 194 valence electrons. The monoisotopic (exact) mass is 526 g/mol. The number of hydrogen-bond acceptors (Lipinski definition) is 3. The first-order valence-corrected chi connectivity index (χ1v) is 13.5. The van der Waals surface area contributed by atoms with Gasteiger partial charge >= 0.3 is 14.0 Å². The summed E-state index contributed by atoms with van der Waals surface area (Å²) in [6.07, 6.45) is -1.77. The Morgan fingerprint density at radius 1 is 1.19 bits per heavy atom. The lowest BCUT2D eigenvalue weighted by molar-refractivity contribution is -0.272. The molecule has 0 aliphatic heterocycles. The summed E-state index contributed by atoms with van der Waals surface area (Å²) >= 11 is 0. The first-order valence-electron chi connectivity index (χ1n) is 12.0. The summed E-state index contributed by atoms with van der Waals surface area (Å²) in [5.41, 5.74) is 0.0833. The average molecular weight is 526 g/mol. The lowest BCUT2D eigenvalue weighted by Crippen LogP contribution is -2.55. The zero-order chi connectivity index (χ0) is 25.9. The maximum atomic E-state index is 14.2. The number of nitrogens with zero attached hydrogens (tertiary/aromatic N) is 2. The third-order valence-electron chi connectivity index (χ3n) is 8.17. The molecule has 3 atom stereocenters. The van der Waals surface area contributed by atoms with E-state index in [1.54, 1.807) is 23.0 Å². The van der Waals surface area contributed by atoms with Gasteiger partial charge in [-0.05, 0) is 104 Å². The Morgan fingerprint density at radius 3 is 2.56 bits per heavy atom. The quantitative estimate of drug-likeness (QED) is 0.305. The van der Waals surface area contributed by atoms with Crippen molar-refractivity contribution in [3.63, 3.8) is 0 Å². The number of rotatable bonds is 4. The Bertz CT molecular complexity index is 1340. The van der Waals surface area contributed by atoms with E-state index < -0.39 is 43.8 Å². The number of hydrogen-bond donors (Lipinski definition) is 2. The molecule has 6 nitrogen and oxygen atoms in total.